The second-order valence-electron chi connectivity index (χ2n) is 13.3. The molecule has 0 rings (SSSR count). The van der Waals surface area contributed by atoms with Gasteiger partial charge in [-0.15, -0.1) is 0 Å². The van der Waals surface area contributed by atoms with Gasteiger partial charge >= 0.3 is 0 Å². The minimum atomic E-state index is -0.654. The maximum atomic E-state index is 12.2. The van der Waals surface area contributed by atoms with Crippen LogP contribution < -0.4 is 5.32 Å². The molecule has 0 bridgehead atoms. The van der Waals surface area contributed by atoms with Crippen molar-refractivity contribution in [3.8, 4) is 0 Å². The molecule has 0 aromatic heterocycles. The van der Waals surface area contributed by atoms with Crippen molar-refractivity contribution in [1.82, 2.24) is 5.32 Å². The van der Waals surface area contributed by atoms with E-state index in [1.165, 1.54) is 116 Å². The van der Waals surface area contributed by atoms with Gasteiger partial charge in [-0.2, -0.15) is 0 Å². The average molecular weight is 644 g/mol. The predicted molar refractivity (Wildman–Crippen MR) is 202 cm³/mol. The summed E-state index contributed by atoms with van der Waals surface area (Å²) in [6.07, 6.45) is 50.8. The number of unbranched alkanes of at least 4 members (excludes halogenated alkanes) is 20. The highest BCUT2D eigenvalue weighted by Crippen LogP contribution is 2.15. The first-order valence-corrected chi connectivity index (χ1v) is 19.8. The lowest BCUT2D eigenvalue weighted by Crippen LogP contribution is -2.45. The fraction of sp³-hybridized carbons (Fsp3) is 0.786. The van der Waals surface area contributed by atoms with E-state index in [0.717, 1.165) is 51.4 Å². The van der Waals surface area contributed by atoms with Crippen molar-refractivity contribution in [3.63, 3.8) is 0 Å². The highest BCUT2D eigenvalue weighted by molar-refractivity contribution is 5.76. The lowest BCUT2D eigenvalue weighted by atomic mass is 10.0. The quantitative estimate of drug-likeness (QED) is 0.0475. The maximum absolute atomic E-state index is 12.2. The van der Waals surface area contributed by atoms with E-state index in [1.54, 1.807) is 0 Å². The Bertz CT molecular complexity index is 741. The Balaban J connectivity index is 3.40. The summed E-state index contributed by atoms with van der Waals surface area (Å²) < 4.78 is 0. The van der Waals surface area contributed by atoms with Crippen LogP contribution in [0.3, 0.4) is 0 Å². The topological polar surface area (TPSA) is 69.6 Å². The molecule has 2 atom stereocenters. The summed E-state index contributed by atoms with van der Waals surface area (Å²) in [6.45, 7) is 4.16. The molecule has 0 aliphatic carbocycles. The zero-order valence-electron chi connectivity index (χ0n) is 30.6. The molecule has 0 saturated heterocycles. The summed E-state index contributed by atoms with van der Waals surface area (Å²) in [4.78, 5) is 12.2. The molecule has 4 heteroatoms. The summed E-state index contributed by atoms with van der Waals surface area (Å²) in [5, 5.41) is 22.7. The second-order valence-corrected chi connectivity index (χ2v) is 13.3. The highest BCUT2D eigenvalue weighted by atomic mass is 16.3. The van der Waals surface area contributed by atoms with Crippen molar-refractivity contribution in [1.29, 1.82) is 0 Å². The average Bonchev–Trinajstić information content (AvgIpc) is 3.06. The molecule has 1 amide bonds. The lowest BCUT2D eigenvalue weighted by molar-refractivity contribution is -0.123. The van der Waals surface area contributed by atoms with Crippen LogP contribution in [0.15, 0.2) is 48.6 Å². The number of carbonyl (C=O) groups is 1. The summed E-state index contributed by atoms with van der Waals surface area (Å²) in [5.41, 5.74) is 0. The summed E-state index contributed by atoms with van der Waals surface area (Å²) >= 11 is 0. The van der Waals surface area contributed by atoms with Gasteiger partial charge in [0, 0.05) is 6.42 Å². The molecule has 0 aliphatic heterocycles. The minimum Gasteiger partial charge on any atom is -0.394 e. The summed E-state index contributed by atoms with van der Waals surface area (Å²) in [5.74, 6) is -0.0400. The van der Waals surface area contributed by atoms with Crippen molar-refractivity contribution < 1.29 is 15.0 Å². The number of nitrogens with one attached hydrogen (secondary N) is 1. The number of hydrogen-bond acceptors (Lipinski definition) is 3. The van der Waals surface area contributed by atoms with Crippen LogP contribution in [0.4, 0.5) is 0 Å². The van der Waals surface area contributed by atoms with Crippen LogP contribution >= 0.6 is 0 Å². The van der Waals surface area contributed by atoms with Crippen LogP contribution in [0.2, 0.25) is 0 Å². The van der Waals surface area contributed by atoms with Crippen LogP contribution in [0, 0.1) is 0 Å². The largest absolute Gasteiger partial charge is 0.394 e. The van der Waals surface area contributed by atoms with E-state index in [9.17, 15) is 15.0 Å². The van der Waals surface area contributed by atoms with Gasteiger partial charge in [0.1, 0.15) is 0 Å². The molecule has 0 aromatic rings. The maximum Gasteiger partial charge on any atom is 0.220 e. The molecule has 0 fully saturated rings. The molecule has 0 aliphatic rings. The Hall–Kier alpha value is -1.65. The molecule has 4 nitrogen and oxygen atoms in total. The Morgan fingerprint density at radius 2 is 0.957 bits per heavy atom. The van der Waals surface area contributed by atoms with Gasteiger partial charge in [-0.25, -0.2) is 0 Å². The number of aliphatic hydroxyl groups is 2. The van der Waals surface area contributed by atoms with Gasteiger partial charge in [-0.1, -0.05) is 184 Å². The molecule has 0 radical (unpaired) electrons. The molecule has 3 N–H and O–H groups in total. The molecule has 0 saturated carbocycles. The zero-order valence-corrected chi connectivity index (χ0v) is 30.6. The number of rotatable bonds is 35. The van der Waals surface area contributed by atoms with Crippen LogP contribution in [0.1, 0.15) is 194 Å². The standard InChI is InChI=1S/C42H77NO3/c1-3-5-7-9-10-11-12-13-14-15-16-17-18-19-20-21-22-23-24-25-26-27-28-29-30-31-32-34-36-38-42(46)43-40(39-44)41(45)37-35-33-8-6-4-2/h5,7,10-11,13-14,16-17,40-41,44-45H,3-4,6,8-9,12,15,18-39H2,1-2H3,(H,43,46)/b7-5-,11-10-,14-13-,17-16-. The van der Waals surface area contributed by atoms with E-state index in [1.807, 2.05) is 0 Å². The molecule has 0 aromatic carbocycles. The van der Waals surface area contributed by atoms with E-state index in [4.69, 9.17) is 0 Å². The normalized spacial score (nSPS) is 13.6. The van der Waals surface area contributed by atoms with Gasteiger partial charge in [-0.05, 0) is 51.4 Å². The van der Waals surface area contributed by atoms with E-state index in [0.29, 0.717) is 12.8 Å². The first-order valence-electron chi connectivity index (χ1n) is 19.8. The van der Waals surface area contributed by atoms with Crippen molar-refractivity contribution in [2.45, 2.75) is 206 Å². The van der Waals surface area contributed by atoms with Gasteiger partial charge in [0.25, 0.3) is 0 Å². The number of allylic oxidation sites excluding steroid dienone is 8. The van der Waals surface area contributed by atoms with Crippen molar-refractivity contribution in [3.05, 3.63) is 48.6 Å². The fourth-order valence-corrected chi connectivity index (χ4v) is 5.82. The van der Waals surface area contributed by atoms with Crippen LogP contribution in [0.5, 0.6) is 0 Å². The summed E-state index contributed by atoms with van der Waals surface area (Å²) in [6, 6.07) is -0.531. The van der Waals surface area contributed by atoms with Crippen LogP contribution in [0.25, 0.3) is 0 Å². The molecular formula is C42H77NO3. The fourth-order valence-electron chi connectivity index (χ4n) is 5.82. The SMILES string of the molecule is CC/C=C\C/C=C\C/C=C\C/C=C\CCCCCCCCCCCCCCCCCCC(=O)NC(CO)C(O)CCCCCCC. The molecule has 46 heavy (non-hydrogen) atoms. The van der Waals surface area contributed by atoms with Crippen LogP contribution in [-0.2, 0) is 4.79 Å². The van der Waals surface area contributed by atoms with Gasteiger partial charge in [0.05, 0.1) is 18.8 Å². The minimum absolute atomic E-state index is 0.0400. The number of amides is 1. The Morgan fingerprint density at radius 3 is 1.43 bits per heavy atom. The molecule has 268 valence electrons. The predicted octanol–water partition coefficient (Wildman–Crippen LogP) is 12.0. The number of carbonyl (C=O) groups excluding carboxylic acids is 1. The Morgan fingerprint density at radius 1 is 0.543 bits per heavy atom. The smallest absolute Gasteiger partial charge is 0.220 e. The van der Waals surface area contributed by atoms with Gasteiger partial charge in [-0.3, -0.25) is 4.79 Å². The third-order valence-electron chi connectivity index (χ3n) is 8.85. The Kier molecular flexibility index (Phi) is 36.4. The van der Waals surface area contributed by atoms with E-state index in [2.05, 4.69) is 67.8 Å². The number of aliphatic hydroxyl groups excluding tert-OH is 2. The van der Waals surface area contributed by atoms with Gasteiger partial charge < -0.3 is 15.5 Å². The van der Waals surface area contributed by atoms with E-state index >= 15 is 0 Å². The Labute approximate surface area is 286 Å². The van der Waals surface area contributed by atoms with E-state index in [-0.39, 0.29) is 12.5 Å². The lowest BCUT2D eigenvalue weighted by Gasteiger charge is -2.22. The molecular weight excluding hydrogens is 566 g/mol. The number of hydrogen-bond donors (Lipinski definition) is 3. The molecule has 0 spiro atoms. The molecule has 2 unspecified atom stereocenters. The third-order valence-corrected chi connectivity index (χ3v) is 8.85. The van der Waals surface area contributed by atoms with Gasteiger partial charge in [0.2, 0.25) is 5.91 Å². The highest BCUT2D eigenvalue weighted by Gasteiger charge is 2.19. The van der Waals surface area contributed by atoms with Gasteiger partial charge in [0.15, 0.2) is 0 Å². The monoisotopic (exact) mass is 644 g/mol. The third kappa shape index (κ3) is 33.7. The van der Waals surface area contributed by atoms with Crippen molar-refractivity contribution in [2.75, 3.05) is 6.61 Å². The molecule has 0 heterocycles. The first-order chi connectivity index (χ1) is 22.7. The van der Waals surface area contributed by atoms with Crippen LogP contribution in [-0.4, -0.2) is 34.9 Å². The zero-order chi connectivity index (χ0) is 33.6. The van der Waals surface area contributed by atoms with Crippen molar-refractivity contribution >= 4 is 5.91 Å². The summed E-state index contributed by atoms with van der Waals surface area (Å²) in [7, 11) is 0. The second kappa shape index (κ2) is 37.8. The van der Waals surface area contributed by atoms with Crippen molar-refractivity contribution in [2.24, 2.45) is 0 Å². The first kappa shape index (κ1) is 44.4. The van der Waals surface area contributed by atoms with E-state index < -0.39 is 12.1 Å².